The van der Waals surface area contributed by atoms with Gasteiger partial charge in [-0.15, -0.1) is 0 Å². The van der Waals surface area contributed by atoms with Crippen LogP contribution in [0.15, 0.2) is 12.4 Å². The van der Waals surface area contributed by atoms with E-state index in [4.69, 9.17) is 0 Å². The molecule has 0 spiro atoms. The SMILES string of the molecule is CNc1cc(N2CCN(C)C(C)(C)C2)ncn1. The summed E-state index contributed by atoms with van der Waals surface area (Å²) in [4.78, 5) is 13.2. The monoisotopic (exact) mass is 235 g/mol. The van der Waals surface area contributed by atoms with Gasteiger partial charge >= 0.3 is 0 Å². The average molecular weight is 235 g/mol. The second-order valence-electron chi connectivity index (χ2n) is 5.17. The van der Waals surface area contributed by atoms with Crippen LogP contribution in [-0.4, -0.2) is 54.1 Å². The largest absolute Gasteiger partial charge is 0.373 e. The predicted molar refractivity (Wildman–Crippen MR) is 70.5 cm³/mol. The van der Waals surface area contributed by atoms with E-state index in [1.54, 1.807) is 6.33 Å². The molecule has 1 aromatic heterocycles. The minimum Gasteiger partial charge on any atom is -0.373 e. The number of aromatic nitrogens is 2. The molecule has 94 valence electrons. The van der Waals surface area contributed by atoms with Gasteiger partial charge in [-0.1, -0.05) is 0 Å². The van der Waals surface area contributed by atoms with Crippen LogP contribution in [-0.2, 0) is 0 Å². The lowest BCUT2D eigenvalue weighted by molar-refractivity contribution is 0.138. The van der Waals surface area contributed by atoms with E-state index in [2.05, 4.69) is 46.0 Å². The van der Waals surface area contributed by atoms with Gasteiger partial charge in [0.05, 0.1) is 0 Å². The molecule has 0 aromatic carbocycles. The van der Waals surface area contributed by atoms with Crippen molar-refractivity contribution in [2.24, 2.45) is 0 Å². The molecule has 5 nitrogen and oxygen atoms in total. The molecule has 0 saturated carbocycles. The van der Waals surface area contributed by atoms with Crippen LogP contribution >= 0.6 is 0 Å². The van der Waals surface area contributed by atoms with Crippen molar-refractivity contribution in [1.29, 1.82) is 0 Å². The van der Waals surface area contributed by atoms with Crippen LogP contribution in [0.1, 0.15) is 13.8 Å². The molecule has 1 aliphatic heterocycles. The molecule has 1 N–H and O–H groups in total. The van der Waals surface area contributed by atoms with Gasteiger partial charge in [0, 0.05) is 38.3 Å². The van der Waals surface area contributed by atoms with Crippen molar-refractivity contribution in [1.82, 2.24) is 14.9 Å². The highest BCUT2D eigenvalue weighted by Crippen LogP contribution is 2.23. The fraction of sp³-hybridized carbons (Fsp3) is 0.667. The third-order valence-corrected chi connectivity index (χ3v) is 3.55. The lowest BCUT2D eigenvalue weighted by Crippen LogP contribution is -2.57. The Morgan fingerprint density at radius 2 is 2.06 bits per heavy atom. The van der Waals surface area contributed by atoms with Gasteiger partial charge < -0.3 is 10.2 Å². The molecule has 5 heteroatoms. The molecule has 2 rings (SSSR count). The van der Waals surface area contributed by atoms with Crippen LogP contribution in [0.5, 0.6) is 0 Å². The van der Waals surface area contributed by atoms with E-state index in [0.717, 1.165) is 31.3 Å². The lowest BCUT2D eigenvalue weighted by atomic mass is 10.00. The maximum absolute atomic E-state index is 4.36. The maximum atomic E-state index is 4.36. The van der Waals surface area contributed by atoms with E-state index >= 15 is 0 Å². The molecule has 1 fully saturated rings. The molecule has 0 bridgehead atoms. The third-order valence-electron chi connectivity index (χ3n) is 3.55. The summed E-state index contributed by atoms with van der Waals surface area (Å²) in [5.74, 6) is 1.87. The van der Waals surface area contributed by atoms with E-state index in [0.29, 0.717) is 0 Å². The van der Waals surface area contributed by atoms with Crippen molar-refractivity contribution in [2.75, 3.05) is 43.9 Å². The Bertz CT molecular complexity index is 390. The Hall–Kier alpha value is -1.36. The van der Waals surface area contributed by atoms with Gasteiger partial charge in [0.15, 0.2) is 0 Å². The minimum atomic E-state index is 0.184. The number of hydrogen-bond acceptors (Lipinski definition) is 5. The highest BCUT2D eigenvalue weighted by atomic mass is 15.3. The average Bonchev–Trinajstić information content (AvgIpc) is 2.32. The standard InChI is InChI=1S/C12H21N5/c1-12(2)8-17(6-5-16(12)4)11-7-10(13-3)14-9-15-11/h7,9H,5-6,8H2,1-4H3,(H,13,14,15). The van der Waals surface area contributed by atoms with Gasteiger partial charge in [-0.05, 0) is 20.9 Å². The van der Waals surface area contributed by atoms with Crippen molar-refractivity contribution >= 4 is 11.6 Å². The number of nitrogens with zero attached hydrogens (tertiary/aromatic N) is 4. The molecule has 17 heavy (non-hydrogen) atoms. The van der Waals surface area contributed by atoms with Crippen molar-refractivity contribution < 1.29 is 0 Å². The molecule has 0 amide bonds. The molecular weight excluding hydrogens is 214 g/mol. The van der Waals surface area contributed by atoms with Crippen LogP contribution in [0.4, 0.5) is 11.6 Å². The molecule has 2 heterocycles. The van der Waals surface area contributed by atoms with E-state index in [1.807, 2.05) is 13.1 Å². The number of nitrogens with one attached hydrogen (secondary N) is 1. The predicted octanol–water partition coefficient (Wildman–Crippen LogP) is 1.05. The summed E-state index contributed by atoms with van der Waals surface area (Å²) in [6.07, 6.45) is 1.62. The zero-order valence-corrected chi connectivity index (χ0v) is 11.1. The summed E-state index contributed by atoms with van der Waals surface area (Å²) in [5.41, 5.74) is 0.184. The summed E-state index contributed by atoms with van der Waals surface area (Å²) in [7, 11) is 4.05. The van der Waals surface area contributed by atoms with Crippen LogP contribution in [0.3, 0.4) is 0 Å². The third kappa shape index (κ3) is 2.49. The Balaban J connectivity index is 2.17. The summed E-state index contributed by atoms with van der Waals surface area (Å²) < 4.78 is 0. The molecule has 1 aromatic rings. The quantitative estimate of drug-likeness (QED) is 0.830. The smallest absolute Gasteiger partial charge is 0.134 e. The Kier molecular flexibility index (Phi) is 3.19. The second-order valence-corrected chi connectivity index (χ2v) is 5.17. The first-order valence-corrected chi connectivity index (χ1v) is 5.99. The van der Waals surface area contributed by atoms with E-state index in [-0.39, 0.29) is 5.54 Å². The lowest BCUT2D eigenvalue weighted by Gasteiger charge is -2.45. The van der Waals surface area contributed by atoms with Gasteiger partial charge in [0.2, 0.25) is 0 Å². The number of anilines is 2. The molecule has 0 radical (unpaired) electrons. The van der Waals surface area contributed by atoms with E-state index < -0.39 is 0 Å². The Morgan fingerprint density at radius 3 is 2.71 bits per heavy atom. The van der Waals surface area contributed by atoms with Gasteiger partial charge in [-0.25, -0.2) is 9.97 Å². The Morgan fingerprint density at radius 1 is 1.29 bits per heavy atom. The van der Waals surface area contributed by atoms with Gasteiger partial charge in [0.1, 0.15) is 18.0 Å². The summed E-state index contributed by atoms with van der Waals surface area (Å²) >= 11 is 0. The van der Waals surface area contributed by atoms with Crippen molar-refractivity contribution in [2.45, 2.75) is 19.4 Å². The number of rotatable bonds is 2. The fourth-order valence-corrected chi connectivity index (χ4v) is 2.09. The minimum absolute atomic E-state index is 0.184. The van der Waals surface area contributed by atoms with Gasteiger partial charge in [-0.2, -0.15) is 0 Å². The molecule has 1 saturated heterocycles. The fourth-order valence-electron chi connectivity index (χ4n) is 2.09. The van der Waals surface area contributed by atoms with Gasteiger partial charge in [0.25, 0.3) is 0 Å². The number of piperazine rings is 1. The van der Waals surface area contributed by atoms with E-state index in [9.17, 15) is 0 Å². The van der Waals surface area contributed by atoms with Crippen LogP contribution < -0.4 is 10.2 Å². The van der Waals surface area contributed by atoms with Crippen molar-refractivity contribution in [3.63, 3.8) is 0 Å². The summed E-state index contributed by atoms with van der Waals surface area (Å²) in [6.45, 7) is 7.59. The van der Waals surface area contributed by atoms with Crippen molar-refractivity contribution in [3.8, 4) is 0 Å². The number of likely N-dealkylation sites (N-methyl/N-ethyl adjacent to an activating group) is 1. The summed E-state index contributed by atoms with van der Waals surface area (Å²) in [6, 6.07) is 2.00. The normalized spacial score (nSPS) is 20.4. The van der Waals surface area contributed by atoms with Crippen LogP contribution in [0, 0.1) is 0 Å². The number of hydrogen-bond donors (Lipinski definition) is 1. The van der Waals surface area contributed by atoms with Crippen molar-refractivity contribution in [3.05, 3.63) is 12.4 Å². The zero-order valence-electron chi connectivity index (χ0n) is 11.1. The maximum Gasteiger partial charge on any atom is 0.134 e. The van der Waals surface area contributed by atoms with Crippen LogP contribution in [0.2, 0.25) is 0 Å². The van der Waals surface area contributed by atoms with Gasteiger partial charge in [-0.3, -0.25) is 4.90 Å². The first-order chi connectivity index (χ1) is 8.03. The zero-order chi connectivity index (χ0) is 12.5. The first-order valence-electron chi connectivity index (χ1n) is 5.99. The highest BCUT2D eigenvalue weighted by Gasteiger charge is 2.31. The Labute approximate surface area is 103 Å². The summed E-state index contributed by atoms with van der Waals surface area (Å²) in [5, 5.41) is 3.05. The second kappa shape index (κ2) is 4.49. The topological polar surface area (TPSA) is 44.3 Å². The highest BCUT2D eigenvalue weighted by molar-refractivity contribution is 5.48. The van der Waals surface area contributed by atoms with Crippen LogP contribution in [0.25, 0.3) is 0 Å². The molecular formula is C12H21N5. The first kappa shape index (κ1) is 12.1. The molecule has 1 aliphatic rings. The van der Waals surface area contributed by atoms with E-state index in [1.165, 1.54) is 0 Å². The molecule has 0 atom stereocenters. The molecule has 0 unspecified atom stereocenters. The molecule has 0 aliphatic carbocycles.